The molecule has 1 amide bonds. The molecule has 0 bridgehead atoms. The first-order valence-electron chi connectivity index (χ1n) is 10.9. The summed E-state index contributed by atoms with van der Waals surface area (Å²) in [6.45, 7) is 6.18. The van der Waals surface area contributed by atoms with Gasteiger partial charge in [0.05, 0.1) is 10.3 Å². The minimum Gasteiger partial charge on any atom is -0.504 e. The van der Waals surface area contributed by atoms with Crippen molar-refractivity contribution in [2.75, 3.05) is 5.32 Å². The minimum atomic E-state index is -3.87. The Hall–Kier alpha value is -3.36. The van der Waals surface area contributed by atoms with Gasteiger partial charge < -0.3 is 15.5 Å². The molecule has 3 aromatic rings. The molecule has 1 saturated carbocycles. The molecule has 0 atom stereocenters. The third kappa shape index (κ3) is 4.51. The number of phenolic OH excluding ortho intramolecular Hbond substituents is 2. The maximum Gasteiger partial charge on any atom is 0.238 e. The number of carbonyl (C=O) groups is 1. The van der Waals surface area contributed by atoms with Crippen LogP contribution < -0.4 is 10.5 Å². The second kappa shape index (κ2) is 8.14. The summed E-state index contributed by atoms with van der Waals surface area (Å²) in [7, 11) is -3.87. The molecule has 7 nitrogen and oxygen atoms in total. The highest BCUT2D eigenvalue weighted by Crippen LogP contribution is 2.50. The summed E-state index contributed by atoms with van der Waals surface area (Å²) in [6, 6.07) is 16.5. The van der Waals surface area contributed by atoms with E-state index in [9.17, 15) is 23.4 Å². The van der Waals surface area contributed by atoms with Gasteiger partial charge in [0.2, 0.25) is 15.9 Å². The standard InChI is InChI=1S/C26H28N2O5S/c1-25(2,3)21-9-8-18(15-20(21)16-5-4-6-19(13-16)34(27,32)33)28-24(31)26(11-12-26)17-7-10-22(29)23(30)14-17/h4-10,13-15,29-30H,11-12H2,1-3H3,(H,28,31)(H2,27,32,33). The lowest BCUT2D eigenvalue weighted by Crippen LogP contribution is -2.28. The Labute approximate surface area is 199 Å². The van der Waals surface area contributed by atoms with Crippen LogP contribution in [0.1, 0.15) is 44.7 Å². The molecule has 3 aromatic carbocycles. The van der Waals surface area contributed by atoms with E-state index in [1.165, 1.54) is 24.3 Å². The van der Waals surface area contributed by atoms with Gasteiger partial charge in [-0.25, -0.2) is 13.6 Å². The van der Waals surface area contributed by atoms with Crippen LogP contribution in [0.4, 0.5) is 5.69 Å². The third-order valence-corrected chi connectivity index (χ3v) is 7.18. The fourth-order valence-corrected chi connectivity index (χ4v) is 4.76. The topological polar surface area (TPSA) is 130 Å². The normalized spacial score (nSPS) is 15.1. The highest BCUT2D eigenvalue weighted by molar-refractivity contribution is 7.89. The molecule has 0 radical (unpaired) electrons. The Morgan fingerprint density at radius 3 is 2.26 bits per heavy atom. The molecular weight excluding hydrogens is 452 g/mol. The second-order valence-electron chi connectivity index (χ2n) is 9.82. The van der Waals surface area contributed by atoms with E-state index in [4.69, 9.17) is 5.14 Å². The predicted octanol–water partition coefficient (Wildman–Crippen LogP) is 4.38. The molecule has 0 heterocycles. The highest BCUT2D eigenvalue weighted by atomic mass is 32.2. The summed E-state index contributed by atoms with van der Waals surface area (Å²) < 4.78 is 23.8. The molecule has 0 spiro atoms. The van der Waals surface area contributed by atoms with Gasteiger partial charge in [0.1, 0.15) is 0 Å². The Morgan fingerprint density at radius 1 is 0.971 bits per heavy atom. The molecule has 1 aliphatic carbocycles. The van der Waals surface area contributed by atoms with Gasteiger partial charge in [0.15, 0.2) is 11.5 Å². The number of rotatable bonds is 5. The van der Waals surface area contributed by atoms with Crippen molar-refractivity contribution in [3.05, 3.63) is 71.8 Å². The number of hydrogen-bond donors (Lipinski definition) is 4. The molecule has 0 saturated heterocycles. The Kier molecular flexibility index (Phi) is 5.70. The highest BCUT2D eigenvalue weighted by Gasteiger charge is 2.51. The Morgan fingerprint density at radius 2 is 1.68 bits per heavy atom. The van der Waals surface area contributed by atoms with Crippen molar-refractivity contribution in [1.82, 2.24) is 0 Å². The van der Waals surface area contributed by atoms with E-state index < -0.39 is 15.4 Å². The Bertz CT molecular complexity index is 1390. The van der Waals surface area contributed by atoms with Crippen LogP contribution in [0.3, 0.4) is 0 Å². The van der Waals surface area contributed by atoms with Crippen molar-refractivity contribution >= 4 is 21.6 Å². The molecular formula is C26H28N2O5S. The molecule has 8 heteroatoms. The molecule has 34 heavy (non-hydrogen) atoms. The summed E-state index contributed by atoms with van der Waals surface area (Å²) in [5.74, 6) is -0.697. The van der Waals surface area contributed by atoms with E-state index in [1.807, 2.05) is 24.3 Å². The number of phenols is 2. The van der Waals surface area contributed by atoms with Crippen molar-refractivity contribution in [1.29, 1.82) is 0 Å². The van der Waals surface area contributed by atoms with E-state index >= 15 is 0 Å². The third-order valence-electron chi connectivity index (χ3n) is 6.27. The van der Waals surface area contributed by atoms with Crippen molar-refractivity contribution < 1.29 is 23.4 Å². The zero-order valence-corrected chi connectivity index (χ0v) is 20.1. The number of carbonyl (C=O) groups excluding carboxylic acids is 1. The first-order valence-corrected chi connectivity index (χ1v) is 12.5. The molecule has 178 valence electrons. The van der Waals surface area contributed by atoms with Gasteiger partial charge in [-0.2, -0.15) is 0 Å². The van der Waals surface area contributed by atoms with Crippen molar-refractivity contribution in [2.45, 2.75) is 49.3 Å². The largest absolute Gasteiger partial charge is 0.504 e. The number of benzene rings is 3. The molecule has 0 aliphatic heterocycles. The zero-order chi connectivity index (χ0) is 24.9. The Balaban J connectivity index is 1.72. The van der Waals surface area contributed by atoms with Crippen LogP contribution in [0.15, 0.2) is 65.6 Å². The van der Waals surface area contributed by atoms with E-state index in [0.717, 1.165) is 11.1 Å². The van der Waals surface area contributed by atoms with E-state index in [0.29, 0.717) is 29.7 Å². The van der Waals surface area contributed by atoms with Crippen LogP contribution in [0, 0.1) is 0 Å². The SMILES string of the molecule is CC(C)(C)c1ccc(NC(=O)C2(c3ccc(O)c(O)c3)CC2)cc1-c1cccc(S(N)(=O)=O)c1. The molecule has 5 N–H and O–H groups in total. The lowest BCUT2D eigenvalue weighted by molar-refractivity contribution is -0.118. The number of primary sulfonamides is 1. The molecule has 1 fully saturated rings. The lowest BCUT2D eigenvalue weighted by Gasteiger charge is -2.25. The number of nitrogens with one attached hydrogen (secondary N) is 1. The van der Waals surface area contributed by atoms with E-state index in [-0.39, 0.29) is 27.7 Å². The molecule has 4 rings (SSSR count). The number of anilines is 1. The molecule has 0 aromatic heterocycles. The van der Waals surface area contributed by atoms with Gasteiger partial charge in [-0.15, -0.1) is 0 Å². The van der Waals surface area contributed by atoms with Crippen molar-refractivity contribution in [3.8, 4) is 22.6 Å². The van der Waals surface area contributed by atoms with Gasteiger partial charge in [-0.05, 0) is 76.9 Å². The average Bonchev–Trinajstić information content (AvgIpc) is 3.56. The zero-order valence-electron chi connectivity index (χ0n) is 19.3. The number of hydrogen-bond acceptors (Lipinski definition) is 5. The monoisotopic (exact) mass is 480 g/mol. The summed E-state index contributed by atoms with van der Waals surface area (Å²) >= 11 is 0. The summed E-state index contributed by atoms with van der Waals surface area (Å²) in [5.41, 5.74) is 2.68. The number of sulfonamides is 1. The van der Waals surface area contributed by atoms with Crippen LogP contribution in [-0.4, -0.2) is 24.5 Å². The first kappa shape index (κ1) is 23.8. The molecule has 0 unspecified atom stereocenters. The van der Waals surface area contributed by atoms with Crippen molar-refractivity contribution in [2.24, 2.45) is 5.14 Å². The van der Waals surface area contributed by atoms with Gasteiger partial charge in [0.25, 0.3) is 0 Å². The first-order chi connectivity index (χ1) is 15.8. The van der Waals surface area contributed by atoms with E-state index in [1.54, 1.807) is 12.1 Å². The van der Waals surface area contributed by atoms with Crippen LogP contribution in [0.2, 0.25) is 0 Å². The fraction of sp³-hybridized carbons (Fsp3) is 0.269. The van der Waals surface area contributed by atoms with Gasteiger partial charge in [0, 0.05) is 5.69 Å². The minimum absolute atomic E-state index is 0.0170. The van der Waals surface area contributed by atoms with Crippen LogP contribution in [0.25, 0.3) is 11.1 Å². The van der Waals surface area contributed by atoms with Crippen molar-refractivity contribution in [3.63, 3.8) is 0 Å². The maximum absolute atomic E-state index is 13.3. The van der Waals surface area contributed by atoms with Gasteiger partial charge in [-0.1, -0.05) is 45.0 Å². The average molecular weight is 481 g/mol. The smallest absolute Gasteiger partial charge is 0.238 e. The van der Waals surface area contributed by atoms with Crippen LogP contribution in [0.5, 0.6) is 11.5 Å². The lowest BCUT2D eigenvalue weighted by atomic mass is 9.81. The quantitative estimate of drug-likeness (QED) is 0.403. The maximum atomic E-state index is 13.3. The summed E-state index contributed by atoms with van der Waals surface area (Å²) in [5, 5.41) is 27.8. The number of amides is 1. The van der Waals surface area contributed by atoms with Crippen LogP contribution in [-0.2, 0) is 25.6 Å². The number of aromatic hydroxyl groups is 2. The second-order valence-corrected chi connectivity index (χ2v) is 11.4. The van der Waals surface area contributed by atoms with Gasteiger partial charge >= 0.3 is 0 Å². The van der Waals surface area contributed by atoms with E-state index in [2.05, 4.69) is 26.1 Å². The van der Waals surface area contributed by atoms with Crippen LogP contribution >= 0.6 is 0 Å². The fourth-order valence-electron chi connectivity index (χ4n) is 4.20. The summed E-state index contributed by atoms with van der Waals surface area (Å²) in [4.78, 5) is 13.3. The number of nitrogens with two attached hydrogens (primary N) is 1. The molecule has 1 aliphatic rings. The summed E-state index contributed by atoms with van der Waals surface area (Å²) in [6.07, 6.45) is 1.26. The van der Waals surface area contributed by atoms with Gasteiger partial charge in [-0.3, -0.25) is 4.79 Å². The predicted molar refractivity (Wildman–Crippen MR) is 131 cm³/mol.